The molecular formula is C24H29N5O2. The number of benzene rings is 2. The molecule has 2 heterocycles. The van der Waals surface area contributed by atoms with Gasteiger partial charge in [0.05, 0.1) is 19.0 Å². The summed E-state index contributed by atoms with van der Waals surface area (Å²) in [7, 11) is 3.71. The van der Waals surface area contributed by atoms with Crippen LogP contribution in [0.1, 0.15) is 21.6 Å². The number of nitrogens with zero attached hydrogens (tertiary/aromatic N) is 4. The molecule has 0 aliphatic carbocycles. The fourth-order valence-corrected chi connectivity index (χ4v) is 3.75. The van der Waals surface area contributed by atoms with Crippen LogP contribution in [0.15, 0.2) is 60.8 Å². The van der Waals surface area contributed by atoms with Crippen molar-refractivity contribution in [1.82, 2.24) is 24.9 Å². The van der Waals surface area contributed by atoms with Gasteiger partial charge in [-0.25, -0.2) is 4.68 Å². The molecule has 7 nitrogen and oxygen atoms in total. The molecule has 1 aromatic heterocycles. The van der Waals surface area contributed by atoms with E-state index < -0.39 is 0 Å². The number of aromatic nitrogens is 2. The van der Waals surface area contributed by atoms with Gasteiger partial charge in [0.2, 0.25) is 0 Å². The molecule has 0 bridgehead atoms. The van der Waals surface area contributed by atoms with E-state index in [-0.39, 0.29) is 11.6 Å². The number of ether oxygens (including phenoxy) is 1. The summed E-state index contributed by atoms with van der Waals surface area (Å²) in [6.07, 6.45) is 1.72. The Balaban J connectivity index is 1.39. The van der Waals surface area contributed by atoms with Gasteiger partial charge < -0.3 is 15.0 Å². The minimum absolute atomic E-state index is 0.254. The van der Waals surface area contributed by atoms with Gasteiger partial charge in [0, 0.05) is 39.3 Å². The van der Waals surface area contributed by atoms with E-state index in [4.69, 9.17) is 4.74 Å². The molecule has 1 amide bonds. The lowest BCUT2D eigenvalue weighted by molar-refractivity contribution is 0.0942. The summed E-state index contributed by atoms with van der Waals surface area (Å²) in [6.45, 7) is 5.75. The number of para-hydroxylation sites is 1. The highest BCUT2D eigenvalue weighted by Gasteiger charge is 2.18. The summed E-state index contributed by atoms with van der Waals surface area (Å²) in [4.78, 5) is 17.6. The molecule has 7 heteroatoms. The number of hydrogen-bond acceptors (Lipinski definition) is 5. The summed E-state index contributed by atoms with van der Waals surface area (Å²) in [6, 6.07) is 18.1. The number of hydrogen-bond donors (Lipinski definition) is 1. The van der Waals surface area contributed by atoms with Gasteiger partial charge in [-0.05, 0) is 30.3 Å². The molecule has 1 fully saturated rings. The van der Waals surface area contributed by atoms with Crippen LogP contribution in [0.3, 0.4) is 0 Å². The third-order valence-electron chi connectivity index (χ3n) is 5.58. The van der Waals surface area contributed by atoms with Crippen LogP contribution in [0.4, 0.5) is 0 Å². The number of nitrogens with one attached hydrogen (secondary N) is 1. The fraction of sp³-hybridized carbons (Fsp3) is 0.333. The highest BCUT2D eigenvalue weighted by Crippen LogP contribution is 2.19. The monoisotopic (exact) mass is 419 g/mol. The molecule has 0 radical (unpaired) electrons. The maximum Gasteiger partial charge on any atom is 0.275 e. The number of amides is 1. The molecule has 1 saturated heterocycles. The smallest absolute Gasteiger partial charge is 0.275 e. The number of carbonyl (C=O) groups is 1. The molecule has 2 aromatic carbocycles. The zero-order chi connectivity index (χ0) is 21.6. The number of carbonyl (C=O) groups excluding carboxylic acids is 1. The lowest BCUT2D eigenvalue weighted by Crippen LogP contribution is -2.43. The van der Waals surface area contributed by atoms with E-state index in [9.17, 15) is 4.79 Å². The van der Waals surface area contributed by atoms with Crippen LogP contribution in [-0.2, 0) is 13.1 Å². The predicted molar refractivity (Wildman–Crippen MR) is 121 cm³/mol. The van der Waals surface area contributed by atoms with Crippen LogP contribution in [0.25, 0.3) is 5.69 Å². The summed E-state index contributed by atoms with van der Waals surface area (Å²) < 4.78 is 7.04. The van der Waals surface area contributed by atoms with Gasteiger partial charge in [-0.1, -0.05) is 42.5 Å². The average molecular weight is 420 g/mol. The average Bonchev–Trinajstić information content (AvgIpc) is 3.25. The molecule has 31 heavy (non-hydrogen) atoms. The Morgan fingerprint density at radius 3 is 2.52 bits per heavy atom. The van der Waals surface area contributed by atoms with Crippen molar-refractivity contribution in [2.45, 2.75) is 13.1 Å². The van der Waals surface area contributed by atoms with Crippen LogP contribution in [0.5, 0.6) is 5.75 Å². The van der Waals surface area contributed by atoms with E-state index >= 15 is 0 Å². The number of piperazine rings is 1. The summed E-state index contributed by atoms with van der Waals surface area (Å²) in [5.74, 6) is 0.196. The van der Waals surface area contributed by atoms with Gasteiger partial charge in [-0.15, -0.1) is 0 Å². The third-order valence-corrected chi connectivity index (χ3v) is 5.58. The van der Waals surface area contributed by atoms with Gasteiger partial charge in [0.25, 0.3) is 5.91 Å². The molecule has 4 rings (SSSR count). The van der Waals surface area contributed by atoms with Crippen molar-refractivity contribution in [2.24, 2.45) is 0 Å². The Morgan fingerprint density at radius 2 is 1.77 bits per heavy atom. The van der Waals surface area contributed by atoms with Crippen molar-refractivity contribution in [2.75, 3.05) is 40.3 Å². The van der Waals surface area contributed by atoms with Crippen molar-refractivity contribution >= 4 is 5.91 Å². The van der Waals surface area contributed by atoms with Crippen molar-refractivity contribution < 1.29 is 9.53 Å². The topological polar surface area (TPSA) is 62.6 Å². The number of methoxy groups -OCH3 is 1. The van der Waals surface area contributed by atoms with Crippen LogP contribution >= 0.6 is 0 Å². The van der Waals surface area contributed by atoms with Crippen LogP contribution < -0.4 is 10.1 Å². The molecule has 0 unspecified atom stereocenters. The zero-order valence-corrected chi connectivity index (χ0v) is 18.1. The molecule has 0 atom stereocenters. The van der Waals surface area contributed by atoms with Gasteiger partial charge >= 0.3 is 0 Å². The predicted octanol–water partition coefficient (Wildman–Crippen LogP) is 2.56. The molecule has 1 aliphatic heterocycles. The molecule has 1 aliphatic rings. The third kappa shape index (κ3) is 5.31. The highest BCUT2D eigenvalue weighted by atomic mass is 16.5. The normalized spacial score (nSPS) is 15.0. The first kappa shape index (κ1) is 21.1. The van der Waals surface area contributed by atoms with Crippen molar-refractivity contribution in [1.29, 1.82) is 0 Å². The lowest BCUT2D eigenvalue weighted by Gasteiger charge is -2.32. The van der Waals surface area contributed by atoms with Gasteiger partial charge in [-0.2, -0.15) is 5.10 Å². The largest absolute Gasteiger partial charge is 0.493 e. The summed E-state index contributed by atoms with van der Waals surface area (Å²) in [5.41, 5.74) is 3.49. The highest BCUT2D eigenvalue weighted by molar-refractivity contribution is 5.94. The van der Waals surface area contributed by atoms with E-state index in [0.29, 0.717) is 12.3 Å². The molecule has 0 spiro atoms. The van der Waals surface area contributed by atoms with Crippen LogP contribution in [0, 0.1) is 0 Å². The molecular weight excluding hydrogens is 390 g/mol. The Bertz CT molecular complexity index is 1010. The Kier molecular flexibility index (Phi) is 6.64. The van der Waals surface area contributed by atoms with E-state index in [1.54, 1.807) is 18.0 Å². The van der Waals surface area contributed by atoms with Crippen LogP contribution in [0.2, 0.25) is 0 Å². The van der Waals surface area contributed by atoms with Crippen molar-refractivity contribution in [3.63, 3.8) is 0 Å². The Morgan fingerprint density at radius 1 is 1.03 bits per heavy atom. The quantitative estimate of drug-likeness (QED) is 0.638. The first-order valence-corrected chi connectivity index (χ1v) is 10.6. The van der Waals surface area contributed by atoms with E-state index in [1.807, 2.05) is 36.4 Å². The van der Waals surface area contributed by atoms with Gasteiger partial charge in [-0.3, -0.25) is 9.69 Å². The standard InChI is InChI=1S/C24H29N5O2/c1-27-11-13-28(14-12-27)17-20-8-6-7-19(15-20)16-25-24(30)23-22(31-2)18-29(26-23)21-9-4-3-5-10-21/h3-10,15,18H,11-14,16-17H2,1-2H3,(H,25,30). The van der Waals surface area contributed by atoms with Gasteiger partial charge in [0.1, 0.15) is 0 Å². The summed E-state index contributed by atoms with van der Waals surface area (Å²) >= 11 is 0. The second kappa shape index (κ2) is 9.76. The molecule has 3 aromatic rings. The minimum atomic E-state index is -0.254. The zero-order valence-electron chi connectivity index (χ0n) is 18.1. The Labute approximate surface area is 183 Å². The van der Waals surface area contributed by atoms with Crippen molar-refractivity contribution in [3.8, 4) is 11.4 Å². The molecule has 162 valence electrons. The number of rotatable bonds is 7. The lowest BCUT2D eigenvalue weighted by atomic mass is 10.1. The van der Waals surface area contributed by atoms with Crippen LogP contribution in [-0.4, -0.2) is 65.8 Å². The van der Waals surface area contributed by atoms with Crippen molar-refractivity contribution in [3.05, 3.63) is 77.6 Å². The van der Waals surface area contributed by atoms with Gasteiger partial charge in [0.15, 0.2) is 11.4 Å². The molecule has 1 N–H and O–H groups in total. The first-order valence-electron chi connectivity index (χ1n) is 10.6. The second-order valence-electron chi connectivity index (χ2n) is 7.91. The van der Waals surface area contributed by atoms with E-state index in [1.165, 1.54) is 5.56 Å². The minimum Gasteiger partial charge on any atom is -0.493 e. The SMILES string of the molecule is COc1cn(-c2ccccc2)nc1C(=O)NCc1cccc(CN2CCN(C)CC2)c1. The fourth-order valence-electron chi connectivity index (χ4n) is 3.75. The van der Waals surface area contributed by atoms with E-state index in [0.717, 1.165) is 44.0 Å². The summed E-state index contributed by atoms with van der Waals surface area (Å²) in [5, 5.41) is 7.41. The van der Waals surface area contributed by atoms with E-state index in [2.05, 4.69) is 45.5 Å². The second-order valence-corrected chi connectivity index (χ2v) is 7.91. The maximum absolute atomic E-state index is 12.8. The Hall–Kier alpha value is -3.16. The number of likely N-dealkylation sites (N-methyl/N-ethyl adjacent to an activating group) is 1. The molecule has 0 saturated carbocycles. The maximum atomic E-state index is 12.8. The first-order chi connectivity index (χ1) is 15.1.